The van der Waals surface area contributed by atoms with Gasteiger partial charge in [0.15, 0.2) is 0 Å². The van der Waals surface area contributed by atoms with E-state index >= 15 is 0 Å². The van der Waals surface area contributed by atoms with Crippen molar-refractivity contribution in [3.63, 3.8) is 0 Å². The number of unbranched alkanes of at least 4 members (excludes halogenated alkanes) is 3. The van der Waals surface area contributed by atoms with Gasteiger partial charge in [0.25, 0.3) is 0 Å². The van der Waals surface area contributed by atoms with E-state index in [1.807, 2.05) is 0 Å². The summed E-state index contributed by atoms with van der Waals surface area (Å²) in [7, 11) is 0. The van der Waals surface area contributed by atoms with Gasteiger partial charge in [-0.3, -0.25) is 0 Å². The molecule has 0 aromatic heterocycles. The summed E-state index contributed by atoms with van der Waals surface area (Å²) in [5.41, 5.74) is 0. The van der Waals surface area contributed by atoms with Crippen LogP contribution in [0.5, 0.6) is 0 Å². The summed E-state index contributed by atoms with van der Waals surface area (Å²) < 4.78 is 7.03. The van der Waals surface area contributed by atoms with Crippen molar-refractivity contribution in [1.82, 2.24) is 0 Å². The van der Waals surface area contributed by atoms with Crippen LogP contribution in [0, 0.1) is 0 Å². The Labute approximate surface area is 80.7 Å². The Morgan fingerprint density at radius 2 is 1.73 bits per heavy atom. The minimum absolute atomic E-state index is 0.460. The molecule has 0 amide bonds. The van der Waals surface area contributed by atoms with E-state index in [4.69, 9.17) is 3.24 Å². The molecule has 0 aromatic rings. The Hall–Kier alpha value is 0.700. The number of hydrogen-bond acceptors (Lipinski definition) is 1. The summed E-state index contributed by atoms with van der Waals surface area (Å²) in [6.45, 7) is 5.51. The second-order valence-electron chi connectivity index (χ2n) is 2.75. The molecule has 0 aromatic carbocycles. The van der Waals surface area contributed by atoms with E-state index < -0.39 is 20.2 Å². The summed E-state index contributed by atoms with van der Waals surface area (Å²) in [5.74, 6) is 0. The van der Waals surface area contributed by atoms with Gasteiger partial charge in [-0.25, -0.2) is 0 Å². The molecule has 67 valence electrons. The third-order valence-corrected chi connectivity index (χ3v) is 4.64. The van der Waals surface area contributed by atoms with Crippen LogP contribution in [0.15, 0.2) is 0 Å². The van der Waals surface area contributed by atoms with E-state index in [1.165, 1.54) is 36.7 Å². The van der Waals surface area contributed by atoms with Crippen LogP contribution in [-0.4, -0.2) is 6.61 Å². The zero-order chi connectivity index (χ0) is 8.36. The molecule has 1 nitrogen and oxygen atoms in total. The molecule has 0 aliphatic rings. The molecular weight excluding hydrogens is 305 g/mol. The average molecular weight is 325 g/mol. The van der Waals surface area contributed by atoms with Crippen LogP contribution in [0.1, 0.15) is 46.0 Å². The fraction of sp³-hybridized carbons (Fsp3) is 1.00. The molecule has 0 fully saturated rings. The standard InChI is InChI=1S/C5H11.C4H9O.Ta/c1-3-5-4-2;1-2-3-4-5;/h1,3-5H2,2H3;2-4H2,1H3;/q;-1;+1. The normalized spacial score (nSPS) is 10.0. The first-order valence-corrected chi connectivity index (χ1v) is 8.29. The molecule has 0 rings (SSSR count). The molecule has 0 saturated heterocycles. The zero-order valence-corrected chi connectivity index (χ0v) is 11.0. The molecule has 0 bridgehead atoms. The van der Waals surface area contributed by atoms with Crippen molar-refractivity contribution in [3.05, 3.63) is 0 Å². The van der Waals surface area contributed by atoms with Crippen molar-refractivity contribution in [2.45, 2.75) is 50.6 Å². The quantitative estimate of drug-likeness (QED) is 0.622. The average Bonchev–Trinajstić information content (AvgIpc) is 2.03. The van der Waals surface area contributed by atoms with E-state index in [0.29, 0.717) is 0 Å². The van der Waals surface area contributed by atoms with E-state index in [9.17, 15) is 0 Å². The third-order valence-electron chi connectivity index (χ3n) is 1.53. The number of hydrogen-bond donors (Lipinski definition) is 0. The van der Waals surface area contributed by atoms with Gasteiger partial charge in [0.2, 0.25) is 0 Å². The Bertz CT molecular complexity index is 58.6. The van der Waals surface area contributed by atoms with Crippen LogP contribution in [-0.2, 0) is 23.4 Å². The molecule has 0 heterocycles. The first-order chi connectivity index (χ1) is 5.41. The molecule has 0 spiro atoms. The van der Waals surface area contributed by atoms with Gasteiger partial charge in [-0.15, -0.1) is 0 Å². The van der Waals surface area contributed by atoms with Crippen molar-refractivity contribution in [2.75, 3.05) is 6.61 Å². The van der Waals surface area contributed by atoms with Crippen LogP contribution in [0.2, 0.25) is 4.64 Å². The third kappa shape index (κ3) is 10.7. The first kappa shape index (κ1) is 11.7. The van der Waals surface area contributed by atoms with Crippen LogP contribution in [0.4, 0.5) is 0 Å². The molecular formula is C9H20OTa. The maximum absolute atomic E-state index is 5.60. The van der Waals surface area contributed by atoms with Gasteiger partial charge in [-0.1, -0.05) is 0 Å². The van der Waals surface area contributed by atoms with E-state index in [1.54, 1.807) is 0 Å². The van der Waals surface area contributed by atoms with Gasteiger partial charge in [0, 0.05) is 0 Å². The SMILES string of the molecule is CCCC[CH2][Ta][O]CCCC. The second kappa shape index (κ2) is 10.7. The molecule has 0 atom stereocenters. The second-order valence-corrected chi connectivity index (χ2v) is 6.21. The van der Waals surface area contributed by atoms with E-state index in [0.717, 1.165) is 6.61 Å². The molecule has 0 radical (unpaired) electrons. The van der Waals surface area contributed by atoms with Gasteiger partial charge in [-0.05, 0) is 0 Å². The van der Waals surface area contributed by atoms with Gasteiger partial charge < -0.3 is 0 Å². The van der Waals surface area contributed by atoms with Crippen LogP contribution < -0.4 is 0 Å². The van der Waals surface area contributed by atoms with Crippen molar-refractivity contribution in [1.29, 1.82) is 0 Å². The minimum atomic E-state index is -0.460. The Balaban J connectivity index is 2.69. The van der Waals surface area contributed by atoms with E-state index in [-0.39, 0.29) is 0 Å². The maximum atomic E-state index is 5.60. The van der Waals surface area contributed by atoms with Gasteiger partial charge in [-0.2, -0.15) is 0 Å². The summed E-state index contributed by atoms with van der Waals surface area (Å²) in [6, 6.07) is 0. The molecule has 2 heteroatoms. The first-order valence-electron chi connectivity index (χ1n) is 4.70. The van der Waals surface area contributed by atoms with Gasteiger partial charge in [0.1, 0.15) is 0 Å². The Kier molecular flexibility index (Phi) is 11.4. The predicted molar refractivity (Wildman–Crippen MR) is 45.2 cm³/mol. The Morgan fingerprint density at radius 1 is 1.00 bits per heavy atom. The summed E-state index contributed by atoms with van der Waals surface area (Å²) in [6.07, 6.45) is 6.70. The zero-order valence-electron chi connectivity index (χ0n) is 7.81. The topological polar surface area (TPSA) is 9.23 Å². The van der Waals surface area contributed by atoms with E-state index in [2.05, 4.69) is 13.8 Å². The van der Waals surface area contributed by atoms with Crippen molar-refractivity contribution in [3.8, 4) is 0 Å². The van der Waals surface area contributed by atoms with Crippen molar-refractivity contribution >= 4 is 0 Å². The fourth-order valence-electron chi connectivity index (χ4n) is 0.764. The van der Waals surface area contributed by atoms with Crippen molar-refractivity contribution in [2.24, 2.45) is 0 Å². The molecule has 0 saturated carbocycles. The van der Waals surface area contributed by atoms with Crippen LogP contribution in [0.25, 0.3) is 0 Å². The monoisotopic (exact) mass is 325 g/mol. The van der Waals surface area contributed by atoms with Gasteiger partial charge >= 0.3 is 80.6 Å². The molecule has 0 unspecified atom stereocenters. The Morgan fingerprint density at radius 3 is 2.36 bits per heavy atom. The summed E-state index contributed by atoms with van der Waals surface area (Å²) in [5, 5.41) is 0. The van der Waals surface area contributed by atoms with Gasteiger partial charge in [0.05, 0.1) is 0 Å². The summed E-state index contributed by atoms with van der Waals surface area (Å²) >= 11 is -0.460. The van der Waals surface area contributed by atoms with Crippen molar-refractivity contribution < 1.29 is 23.4 Å². The van der Waals surface area contributed by atoms with Crippen LogP contribution >= 0.6 is 0 Å². The molecule has 11 heavy (non-hydrogen) atoms. The molecule has 0 N–H and O–H groups in total. The fourth-order valence-corrected chi connectivity index (χ4v) is 3.42. The predicted octanol–water partition coefficient (Wildman–Crippen LogP) is 3.41. The number of rotatable bonds is 8. The summed E-state index contributed by atoms with van der Waals surface area (Å²) in [4.78, 5) is 0. The molecule has 0 aliphatic carbocycles. The van der Waals surface area contributed by atoms with Crippen LogP contribution in [0.3, 0.4) is 0 Å². The molecule has 0 aliphatic heterocycles.